The van der Waals surface area contributed by atoms with E-state index in [2.05, 4.69) is 0 Å². The fourth-order valence-corrected chi connectivity index (χ4v) is 2.49. The summed E-state index contributed by atoms with van der Waals surface area (Å²) in [4.78, 5) is 0. The molecule has 0 radical (unpaired) electrons. The van der Waals surface area contributed by atoms with E-state index in [0.717, 1.165) is 0 Å². The van der Waals surface area contributed by atoms with Crippen molar-refractivity contribution in [3.8, 4) is 17.2 Å². The maximum Gasteiger partial charge on any atom is 0.236 e. The van der Waals surface area contributed by atoms with Gasteiger partial charge in [-0.25, -0.2) is 8.42 Å². The van der Waals surface area contributed by atoms with Gasteiger partial charge < -0.3 is 14.2 Å². The highest BCUT2D eigenvalue weighted by atomic mass is 35.7. The molecule has 17 heavy (non-hydrogen) atoms. The van der Waals surface area contributed by atoms with Crippen molar-refractivity contribution in [2.45, 2.75) is 5.75 Å². The Morgan fingerprint density at radius 1 is 1.53 bits per heavy atom. The Morgan fingerprint density at radius 2 is 2.24 bits per heavy atom. The van der Waals surface area contributed by atoms with Crippen LogP contribution in [0, 0.1) is 5.82 Å². The maximum absolute atomic E-state index is 13.8. The lowest BCUT2D eigenvalue weighted by molar-refractivity contribution is 0.170. The molecule has 0 saturated carbocycles. The summed E-state index contributed by atoms with van der Waals surface area (Å²) in [5.41, 5.74) is 0.0873. The number of methoxy groups -OCH3 is 1. The molecule has 1 aliphatic heterocycles. The molecule has 0 amide bonds. The van der Waals surface area contributed by atoms with Crippen LogP contribution in [0.3, 0.4) is 0 Å². The quantitative estimate of drug-likeness (QED) is 0.789. The molecule has 0 saturated heterocycles. The number of benzene rings is 1. The fourth-order valence-electron chi connectivity index (χ4n) is 1.55. The van der Waals surface area contributed by atoms with Crippen LogP contribution in [0.15, 0.2) is 6.07 Å². The highest BCUT2D eigenvalue weighted by Gasteiger charge is 2.27. The van der Waals surface area contributed by atoms with Gasteiger partial charge in [-0.2, -0.15) is 4.39 Å². The second-order valence-electron chi connectivity index (χ2n) is 3.30. The highest BCUT2D eigenvalue weighted by Crippen LogP contribution is 2.42. The molecule has 1 heterocycles. The molecule has 8 heteroatoms. The third-order valence-electron chi connectivity index (χ3n) is 2.17. The van der Waals surface area contributed by atoms with Crippen LogP contribution in [0.25, 0.3) is 0 Å². The minimum atomic E-state index is -3.81. The van der Waals surface area contributed by atoms with Gasteiger partial charge in [0.1, 0.15) is 0 Å². The van der Waals surface area contributed by atoms with Crippen LogP contribution in [0.1, 0.15) is 5.56 Å². The minimum absolute atomic E-state index is 0.0856. The maximum atomic E-state index is 13.8. The van der Waals surface area contributed by atoms with Crippen molar-refractivity contribution >= 4 is 19.7 Å². The van der Waals surface area contributed by atoms with Gasteiger partial charge in [-0.05, 0) is 6.07 Å². The molecule has 0 bridgehead atoms. The van der Waals surface area contributed by atoms with E-state index in [4.69, 9.17) is 24.9 Å². The number of fused-ring (bicyclic) bond motifs is 1. The Balaban J connectivity index is 2.55. The molecule has 0 unspecified atom stereocenters. The molecular weight excluding hydrogens is 275 g/mol. The number of hydrogen-bond donors (Lipinski definition) is 0. The fraction of sp³-hybridized carbons (Fsp3) is 0.333. The largest absolute Gasteiger partial charge is 0.493 e. The predicted octanol–water partition coefficient (Wildman–Crippen LogP) is 1.63. The zero-order valence-electron chi connectivity index (χ0n) is 8.70. The van der Waals surface area contributed by atoms with E-state index < -0.39 is 20.6 Å². The molecule has 5 nitrogen and oxygen atoms in total. The lowest BCUT2D eigenvalue weighted by atomic mass is 10.2. The Hall–Kier alpha value is -1.21. The summed E-state index contributed by atoms with van der Waals surface area (Å²) in [6.45, 7) is -0.119. The molecule has 1 aromatic rings. The first-order valence-corrected chi connectivity index (χ1v) is 6.97. The van der Waals surface area contributed by atoms with Crippen molar-refractivity contribution in [2.75, 3.05) is 13.9 Å². The lowest BCUT2D eigenvalue weighted by Crippen LogP contribution is -2.01. The molecule has 94 valence electrons. The van der Waals surface area contributed by atoms with Crippen LogP contribution >= 0.6 is 10.7 Å². The molecule has 0 aromatic heterocycles. The molecule has 0 aliphatic carbocycles. The van der Waals surface area contributed by atoms with E-state index in [9.17, 15) is 12.8 Å². The zero-order chi connectivity index (χ0) is 12.6. The van der Waals surface area contributed by atoms with E-state index >= 15 is 0 Å². The number of halogens is 2. The molecule has 1 aliphatic rings. The van der Waals surface area contributed by atoms with Gasteiger partial charge in [-0.3, -0.25) is 0 Å². The van der Waals surface area contributed by atoms with Crippen molar-refractivity contribution in [3.63, 3.8) is 0 Å². The summed E-state index contributed by atoms with van der Waals surface area (Å²) >= 11 is 0. The van der Waals surface area contributed by atoms with Crippen molar-refractivity contribution < 1.29 is 27.0 Å². The molecule has 1 aromatic carbocycles. The van der Waals surface area contributed by atoms with Crippen LogP contribution in [-0.4, -0.2) is 22.3 Å². The second-order valence-corrected chi connectivity index (χ2v) is 6.08. The summed E-state index contributed by atoms with van der Waals surface area (Å²) in [5.74, 6) is -1.50. The SMILES string of the molecule is COc1c(CS(=O)(=O)Cl)cc2c(c1F)OCO2. The summed E-state index contributed by atoms with van der Waals surface area (Å²) in [7, 11) is 2.53. The number of hydrogen-bond acceptors (Lipinski definition) is 5. The average Bonchev–Trinajstić information content (AvgIpc) is 2.64. The summed E-state index contributed by atoms with van der Waals surface area (Å²) in [5, 5.41) is 0. The summed E-state index contributed by atoms with van der Waals surface area (Å²) in [6, 6.07) is 1.34. The smallest absolute Gasteiger partial charge is 0.236 e. The first-order valence-electron chi connectivity index (χ1n) is 4.49. The highest BCUT2D eigenvalue weighted by molar-refractivity contribution is 8.13. The van der Waals surface area contributed by atoms with Crippen LogP contribution in [-0.2, 0) is 14.8 Å². The molecule has 0 N–H and O–H groups in total. The van der Waals surface area contributed by atoms with Gasteiger partial charge in [0.15, 0.2) is 11.5 Å². The van der Waals surface area contributed by atoms with E-state index in [1.54, 1.807) is 0 Å². The third kappa shape index (κ3) is 2.39. The van der Waals surface area contributed by atoms with Gasteiger partial charge in [0.2, 0.25) is 27.4 Å². The number of rotatable bonds is 3. The molecule has 0 atom stereocenters. The van der Waals surface area contributed by atoms with Crippen molar-refractivity contribution in [1.29, 1.82) is 0 Å². The Kier molecular flexibility index (Phi) is 3.05. The Labute approximate surface area is 101 Å². The zero-order valence-corrected chi connectivity index (χ0v) is 10.3. The summed E-state index contributed by atoms with van der Waals surface area (Å²) in [6.07, 6.45) is 0. The molecular formula is C9H8ClFO5S. The average molecular weight is 283 g/mol. The number of ether oxygens (including phenoxy) is 3. The normalized spacial score (nSPS) is 13.8. The van der Waals surface area contributed by atoms with Gasteiger partial charge in [0.05, 0.1) is 12.9 Å². The van der Waals surface area contributed by atoms with E-state index in [1.165, 1.54) is 13.2 Å². The van der Waals surface area contributed by atoms with Gasteiger partial charge in [-0.15, -0.1) is 0 Å². The topological polar surface area (TPSA) is 61.8 Å². The lowest BCUT2D eigenvalue weighted by Gasteiger charge is -2.10. The predicted molar refractivity (Wildman–Crippen MR) is 57.6 cm³/mol. The van der Waals surface area contributed by atoms with Crippen LogP contribution in [0.2, 0.25) is 0 Å². The van der Waals surface area contributed by atoms with Crippen LogP contribution < -0.4 is 14.2 Å². The molecule has 0 fully saturated rings. The third-order valence-corrected chi connectivity index (χ3v) is 3.15. The van der Waals surface area contributed by atoms with E-state index in [-0.39, 0.29) is 29.6 Å². The second kappa shape index (κ2) is 4.23. The molecule has 2 rings (SSSR count). The van der Waals surface area contributed by atoms with Crippen molar-refractivity contribution in [2.24, 2.45) is 0 Å². The van der Waals surface area contributed by atoms with Crippen LogP contribution in [0.5, 0.6) is 17.2 Å². The Bertz CT molecular complexity index is 557. The first kappa shape index (κ1) is 12.3. The van der Waals surface area contributed by atoms with E-state index in [1.807, 2.05) is 0 Å². The van der Waals surface area contributed by atoms with Crippen LogP contribution in [0.4, 0.5) is 4.39 Å². The monoisotopic (exact) mass is 282 g/mol. The minimum Gasteiger partial charge on any atom is -0.493 e. The summed E-state index contributed by atoms with van der Waals surface area (Å²) < 4.78 is 50.5. The van der Waals surface area contributed by atoms with E-state index in [0.29, 0.717) is 0 Å². The van der Waals surface area contributed by atoms with Crippen molar-refractivity contribution in [1.82, 2.24) is 0 Å². The van der Waals surface area contributed by atoms with Gasteiger partial charge >= 0.3 is 0 Å². The first-order chi connectivity index (χ1) is 7.92. The van der Waals surface area contributed by atoms with Gasteiger partial charge in [0.25, 0.3) is 0 Å². The van der Waals surface area contributed by atoms with Gasteiger partial charge in [-0.1, -0.05) is 0 Å². The van der Waals surface area contributed by atoms with Gasteiger partial charge in [0, 0.05) is 16.2 Å². The van der Waals surface area contributed by atoms with Crippen molar-refractivity contribution in [3.05, 3.63) is 17.4 Å². The standard InChI is InChI=1S/C9H8ClFO5S/c1-14-8-5(3-17(10,12)13)2-6-9(7(8)11)16-4-15-6/h2H,3-4H2,1H3. The Morgan fingerprint density at radius 3 is 2.82 bits per heavy atom. The molecule has 0 spiro atoms.